The minimum atomic E-state index is -3.14. The molecule has 1 fully saturated rings. The lowest BCUT2D eigenvalue weighted by molar-refractivity contribution is 0.0760. The van der Waals surface area contributed by atoms with Crippen molar-refractivity contribution in [2.75, 3.05) is 52.6 Å². The van der Waals surface area contributed by atoms with E-state index >= 15 is 0 Å². The molecule has 142 valence electrons. The Morgan fingerprint density at radius 1 is 1.24 bits per heavy atom. The lowest BCUT2D eigenvalue weighted by atomic mass is 10.2. The highest BCUT2D eigenvalue weighted by Gasteiger charge is 2.23. The largest absolute Gasteiger partial charge is 0.337 e. The van der Waals surface area contributed by atoms with E-state index in [2.05, 4.69) is 10.00 Å². The Hall–Kier alpha value is -1.45. The molecule has 0 unspecified atom stereocenters. The van der Waals surface area contributed by atoms with Gasteiger partial charge in [-0.2, -0.15) is 5.10 Å². The van der Waals surface area contributed by atoms with Crippen LogP contribution in [0.3, 0.4) is 0 Å². The third kappa shape index (κ3) is 5.26. The molecule has 0 bridgehead atoms. The Balaban J connectivity index is 1.86. The molecule has 0 saturated carbocycles. The number of amides is 1. The van der Waals surface area contributed by atoms with E-state index in [-0.39, 0.29) is 11.7 Å². The summed E-state index contributed by atoms with van der Waals surface area (Å²) in [7, 11) is 1.80. The van der Waals surface area contributed by atoms with E-state index in [0.29, 0.717) is 18.5 Å². The first-order valence-corrected chi connectivity index (χ1v) is 10.2. The van der Waals surface area contributed by atoms with Gasteiger partial charge in [-0.1, -0.05) is 0 Å². The van der Waals surface area contributed by atoms with Gasteiger partial charge < -0.3 is 9.80 Å². The van der Waals surface area contributed by atoms with Gasteiger partial charge in [0.25, 0.3) is 5.91 Å². The maximum absolute atomic E-state index is 12.7. The first-order valence-electron chi connectivity index (χ1n) is 8.63. The lowest BCUT2D eigenvalue weighted by Gasteiger charge is -2.22. The predicted molar refractivity (Wildman–Crippen MR) is 97.0 cm³/mol. The van der Waals surface area contributed by atoms with Gasteiger partial charge >= 0.3 is 0 Å². The average Bonchev–Trinajstić information content (AvgIpc) is 2.73. The first-order chi connectivity index (χ1) is 11.7. The van der Waals surface area contributed by atoms with Crippen LogP contribution < -0.4 is 0 Å². The normalized spacial score (nSPS) is 17.1. The standard InChI is InChI=1S/C16H29N5O3S/c1-14-15(13-19(4)17-14)16(22)21-9-5-7-20(10-11-21)8-6-12-25(23,24)18(2)3/h13H,5-12H2,1-4H3. The number of aryl methyl sites for hydroxylation is 2. The molecule has 1 amide bonds. The van der Waals surface area contributed by atoms with Crippen molar-refractivity contribution in [3.05, 3.63) is 17.5 Å². The molecule has 2 rings (SSSR count). The third-order valence-electron chi connectivity index (χ3n) is 4.55. The molecule has 0 aliphatic carbocycles. The Bertz CT molecular complexity index is 699. The van der Waals surface area contributed by atoms with Crippen molar-refractivity contribution < 1.29 is 13.2 Å². The van der Waals surface area contributed by atoms with Gasteiger partial charge in [0, 0.05) is 47.0 Å². The first kappa shape index (κ1) is 19.9. The molecule has 1 aromatic rings. The van der Waals surface area contributed by atoms with E-state index < -0.39 is 10.0 Å². The van der Waals surface area contributed by atoms with E-state index in [0.717, 1.165) is 38.3 Å². The van der Waals surface area contributed by atoms with Crippen molar-refractivity contribution in [2.45, 2.75) is 19.8 Å². The van der Waals surface area contributed by atoms with Gasteiger partial charge in [0.1, 0.15) is 0 Å². The fourth-order valence-electron chi connectivity index (χ4n) is 3.03. The van der Waals surface area contributed by atoms with E-state index in [1.54, 1.807) is 25.0 Å². The van der Waals surface area contributed by atoms with E-state index in [1.165, 1.54) is 4.31 Å². The Morgan fingerprint density at radius 2 is 1.96 bits per heavy atom. The van der Waals surface area contributed by atoms with Crippen molar-refractivity contribution in [1.82, 2.24) is 23.9 Å². The van der Waals surface area contributed by atoms with Crippen molar-refractivity contribution in [1.29, 1.82) is 0 Å². The van der Waals surface area contributed by atoms with Gasteiger partial charge in [0.05, 0.1) is 17.0 Å². The maximum Gasteiger partial charge on any atom is 0.257 e. The molecule has 1 aliphatic rings. The van der Waals surface area contributed by atoms with Crippen LogP contribution in [-0.4, -0.2) is 90.8 Å². The average molecular weight is 372 g/mol. The van der Waals surface area contributed by atoms with Gasteiger partial charge in [0.2, 0.25) is 10.0 Å². The number of carbonyl (C=O) groups is 1. The SMILES string of the molecule is Cc1nn(C)cc1C(=O)N1CCCN(CCCS(=O)(=O)N(C)C)CC1. The van der Waals surface area contributed by atoms with Crippen molar-refractivity contribution in [2.24, 2.45) is 7.05 Å². The number of hydrogen-bond acceptors (Lipinski definition) is 5. The summed E-state index contributed by atoms with van der Waals surface area (Å²) >= 11 is 0. The van der Waals surface area contributed by atoms with E-state index in [4.69, 9.17) is 0 Å². The summed E-state index contributed by atoms with van der Waals surface area (Å²) in [6.45, 7) is 5.63. The topological polar surface area (TPSA) is 78.8 Å². The van der Waals surface area contributed by atoms with Crippen molar-refractivity contribution in [3.63, 3.8) is 0 Å². The monoisotopic (exact) mass is 371 g/mol. The highest BCUT2D eigenvalue weighted by molar-refractivity contribution is 7.89. The fraction of sp³-hybridized carbons (Fsp3) is 0.750. The highest BCUT2D eigenvalue weighted by atomic mass is 32.2. The van der Waals surface area contributed by atoms with E-state index in [1.807, 2.05) is 18.9 Å². The zero-order valence-electron chi connectivity index (χ0n) is 15.6. The summed E-state index contributed by atoms with van der Waals surface area (Å²) in [5.74, 6) is 0.191. The smallest absolute Gasteiger partial charge is 0.257 e. The molecular formula is C16H29N5O3S. The van der Waals surface area contributed by atoms with Crippen LogP contribution in [0.15, 0.2) is 6.20 Å². The summed E-state index contributed by atoms with van der Waals surface area (Å²) in [6.07, 6.45) is 3.27. The molecule has 1 aromatic heterocycles. The second kappa shape index (κ2) is 8.29. The molecule has 0 atom stereocenters. The van der Waals surface area contributed by atoms with E-state index in [9.17, 15) is 13.2 Å². The molecule has 0 radical (unpaired) electrons. The van der Waals surface area contributed by atoms with Crippen molar-refractivity contribution >= 4 is 15.9 Å². The number of aromatic nitrogens is 2. The van der Waals surface area contributed by atoms with Gasteiger partial charge in [-0.15, -0.1) is 0 Å². The number of sulfonamides is 1. The second-order valence-electron chi connectivity index (χ2n) is 6.74. The number of rotatable bonds is 6. The summed E-state index contributed by atoms with van der Waals surface area (Å²) in [4.78, 5) is 16.8. The van der Waals surface area contributed by atoms with Crippen LogP contribution in [0, 0.1) is 6.92 Å². The van der Waals surface area contributed by atoms with Crippen molar-refractivity contribution in [3.8, 4) is 0 Å². The molecule has 9 heteroatoms. The van der Waals surface area contributed by atoms with Gasteiger partial charge in [0.15, 0.2) is 0 Å². The summed E-state index contributed by atoms with van der Waals surface area (Å²) < 4.78 is 26.6. The Labute approximate surface area is 150 Å². The van der Waals surface area contributed by atoms with Crippen LogP contribution in [0.5, 0.6) is 0 Å². The summed E-state index contributed by atoms with van der Waals surface area (Å²) in [6, 6.07) is 0. The van der Waals surface area contributed by atoms with Gasteiger partial charge in [-0.3, -0.25) is 9.48 Å². The number of carbonyl (C=O) groups excluding carboxylic acids is 1. The van der Waals surface area contributed by atoms with Crippen LogP contribution in [0.1, 0.15) is 28.9 Å². The molecule has 2 heterocycles. The molecule has 25 heavy (non-hydrogen) atoms. The van der Waals surface area contributed by atoms with Crippen LogP contribution in [0.25, 0.3) is 0 Å². The van der Waals surface area contributed by atoms with Gasteiger partial charge in [-0.25, -0.2) is 12.7 Å². The number of nitrogens with zero attached hydrogens (tertiary/aromatic N) is 5. The van der Waals surface area contributed by atoms with Crippen LogP contribution >= 0.6 is 0 Å². The lowest BCUT2D eigenvalue weighted by Crippen LogP contribution is -2.36. The van der Waals surface area contributed by atoms with Crippen LogP contribution in [-0.2, 0) is 17.1 Å². The predicted octanol–water partition coefficient (Wildman–Crippen LogP) is 0.158. The minimum Gasteiger partial charge on any atom is -0.337 e. The summed E-state index contributed by atoms with van der Waals surface area (Å²) in [5.41, 5.74) is 1.41. The Kier molecular flexibility index (Phi) is 6.59. The fourth-order valence-corrected chi connectivity index (χ4v) is 3.89. The molecule has 0 aromatic carbocycles. The zero-order valence-corrected chi connectivity index (χ0v) is 16.4. The summed E-state index contributed by atoms with van der Waals surface area (Å²) in [5, 5.41) is 4.24. The highest BCUT2D eigenvalue weighted by Crippen LogP contribution is 2.12. The minimum absolute atomic E-state index is 0.0302. The Morgan fingerprint density at radius 3 is 2.56 bits per heavy atom. The number of hydrogen-bond donors (Lipinski definition) is 0. The van der Waals surface area contributed by atoms with Crippen LogP contribution in [0.4, 0.5) is 0 Å². The molecule has 8 nitrogen and oxygen atoms in total. The molecule has 0 spiro atoms. The molecule has 1 aliphatic heterocycles. The van der Waals surface area contributed by atoms with Gasteiger partial charge in [-0.05, 0) is 32.9 Å². The zero-order chi connectivity index (χ0) is 18.6. The molecule has 0 N–H and O–H groups in total. The van der Waals surface area contributed by atoms with Crippen LogP contribution in [0.2, 0.25) is 0 Å². The maximum atomic E-state index is 12.7. The third-order valence-corrected chi connectivity index (χ3v) is 6.47. The molecule has 1 saturated heterocycles. The molecular weight excluding hydrogens is 342 g/mol. The second-order valence-corrected chi connectivity index (χ2v) is 9.04. The quantitative estimate of drug-likeness (QED) is 0.712.